The Kier molecular flexibility index (Phi) is 5.30. The van der Waals surface area contributed by atoms with Crippen LogP contribution in [0.1, 0.15) is 29.8 Å². The molecular formula is C13H17ClN2O3. The quantitative estimate of drug-likeness (QED) is 0.474. The third kappa shape index (κ3) is 3.67. The number of benzene rings is 1. The maximum Gasteiger partial charge on any atom is 0.270 e. The van der Waals surface area contributed by atoms with Crippen molar-refractivity contribution in [2.45, 2.75) is 26.8 Å². The second-order valence-corrected chi connectivity index (χ2v) is 4.92. The van der Waals surface area contributed by atoms with Gasteiger partial charge >= 0.3 is 0 Å². The minimum Gasteiger partial charge on any atom is -0.335 e. The molecule has 0 unspecified atom stereocenters. The van der Waals surface area contributed by atoms with E-state index in [-0.39, 0.29) is 17.6 Å². The molecule has 0 aliphatic heterocycles. The Morgan fingerprint density at radius 2 is 2.11 bits per heavy atom. The summed E-state index contributed by atoms with van der Waals surface area (Å²) in [6.45, 7) is 5.95. The van der Waals surface area contributed by atoms with Crippen LogP contribution in [-0.2, 0) is 0 Å². The van der Waals surface area contributed by atoms with E-state index in [2.05, 4.69) is 0 Å². The Balaban J connectivity index is 3.16. The van der Waals surface area contributed by atoms with Crippen LogP contribution in [0.3, 0.4) is 0 Å². The Morgan fingerprint density at radius 3 is 2.58 bits per heavy atom. The van der Waals surface area contributed by atoms with E-state index in [1.54, 1.807) is 17.9 Å². The highest BCUT2D eigenvalue weighted by Crippen LogP contribution is 2.20. The van der Waals surface area contributed by atoms with Gasteiger partial charge in [0.05, 0.1) is 4.92 Å². The topological polar surface area (TPSA) is 63.5 Å². The van der Waals surface area contributed by atoms with Crippen LogP contribution in [0.15, 0.2) is 18.2 Å². The zero-order chi connectivity index (χ0) is 14.6. The molecule has 1 aromatic rings. The number of carbonyl (C=O) groups excluding carboxylic acids is 1. The Hall–Kier alpha value is -1.62. The molecule has 0 atom stereocenters. The van der Waals surface area contributed by atoms with Crippen LogP contribution < -0.4 is 0 Å². The maximum absolute atomic E-state index is 12.4. The monoisotopic (exact) mass is 284 g/mol. The SMILES string of the molecule is Cc1ccc([N+](=O)[O-])cc1C(=O)N(CCCl)C(C)C. The van der Waals surface area contributed by atoms with E-state index in [1.807, 2.05) is 13.8 Å². The number of nitrogens with zero attached hydrogens (tertiary/aromatic N) is 2. The molecule has 1 amide bonds. The van der Waals surface area contributed by atoms with Crippen molar-refractivity contribution in [3.05, 3.63) is 39.4 Å². The second-order valence-electron chi connectivity index (χ2n) is 4.54. The van der Waals surface area contributed by atoms with Gasteiger partial charge in [0, 0.05) is 36.2 Å². The van der Waals surface area contributed by atoms with Gasteiger partial charge in [-0.3, -0.25) is 14.9 Å². The summed E-state index contributed by atoms with van der Waals surface area (Å²) in [5.41, 5.74) is 0.993. The number of amides is 1. The van der Waals surface area contributed by atoms with Crippen molar-refractivity contribution in [1.82, 2.24) is 4.90 Å². The largest absolute Gasteiger partial charge is 0.335 e. The fraction of sp³-hybridized carbons (Fsp3) is 0.462. The lowest BCUT2D eigenvalue weighted by Crippen LogP contribution is -2.38. The first-order valence-corrected chi connectivity index (χ1v) is 6.54. The molecule has 19 heavy (non-hydrogen) atoms. The van der Waals surface area contributed by atoms with E-state index in [0.717, 1.165) is 5.56 Å². The maximum atomic E-state index is 12.4. The van der Waals surface area contributed by atoms with E-state index < -0.39 is 4.92 Å². The minimum atomic E-state index is -0.502. The van der Waals surface area contributed by atoms with Crippen molar-refractivity contribution in [2.75, 3.05) is 12.4 Å². The summed E-state index contributed by atoms with van der Waals surface area (Å²) in [5.74, 6) is 0.106. The number of hydrogen-bond donors (Lipinski definition) is 0. The van der Waals surface area contributed by atoms with Gasteiger partial charge in [0.25, 0.3) is 11.6 Å². The molecule has 0 saturated heterocycles. The fourth-order valence-electron chi connectivity index (χ4n) is 1.79. The molecule has 0 aliphatic carbocycles. The van der Waals surface area contributed by atoms with Crippen LogP contribution in [0.4, 0.5) is 5.69 Å². The van der Waals surface area contributed by atoms with Crippen molar-refractivity contribution in [3.8, 4) is 0 Å². The number of nitro groups is 1. The Labute approximate surface area is 117 Å². The van der Waals surface area contributed by atoms with Crippen molar-refractivity contribution in [3.63, 3.8) is 0 Å². The summed E-state index contributed by atoms with van der Waals surface area (Å²) < 4.78 is 0. The van der Waals surface area contributed by atoms with Crippen LogP contribution in [0.2, 0.25) is 0 Å². The molecule has 0 bridgehead atoms. The minimum absolute atomic E-state index is 0.00934. The van der Waals surface area contributed by atoms with Crippen molar-refractivity contribution in [2.24, 2.45) is 0 Å². The number of nitro benzene ring substituents is 1. The first-order chi connectivity index (χ1) is 8.88. The fourth-order valence-corrected chi connectivity index (χ4v) is 1.98. The lowest BCUT2D eigenvalue weighted by atomic mass is 10.1. The lowest BCUT2D eigenvalue weighted by Gasteiger charge is -2.26. The normalized spacial score (nSPS) is 10.6. The van der Waals surface area contributed by atoms with Crippen molar-refractivity contribution in [1.29, 1.82) is 0 Å². The molecule has 5 nitrogen and oxygen atoms in total. The average molecular weight is 285 g/mol. The van der Waals surface area contributed by atoms with E-state index in [9.17, 15) is 14.9 Å². The lowest BCUT2D eigenvalue weighted by molar-refractivity contribution is -0.384. The summed E-state index contributed by atoms with van der Waals surface area (Å²) in [4.78, 5) is 24.3. The second kappa shape index (κ2) is 6.52. The molecule has 0 fully saturated rings. The van der Waals surface area contributed by atoms with Gasteiger partial charge in [0.1, 0.15) is 0 Å². The molecule has 1 rings (SSSR count). The van der Waals surface area contributed by atoms with Gasteiger partial charge in [-0.25, -0.2) is 0 Å². The highest BCUT2D eigenvalue weighted by Gasteiger charge is 2.21. The summed E-state index contributed by atoms with van der Waals surface area (Å²) in [6.07, 6.45) is 0. The molecule has 0 saturated carbocycles. The van der Waals surface area contributed by atoms with E-state index in [1.165, 1.54) is 12.1 Å². The van der Waals surface area contributed by atoms with Gasteiger partial charge in [-0.15, -0.1) is 11.6 Å². The van der Waals surface area contributed by atoms with Crippen molar-refractivity contribution < 1.29 is 9.72 Å². The molecule has 6 heteroatoms. The molecule has 104 valence electrons. The zero-order valence-electron chi connectivity index (χ0n) is 11.2. The summed E-state index contributed by atoms with van der Waals surface area (Å²) in [6, 6.07) is 4.30. The van der Waals surface area contributed by atoms with Crippen LogP contribution in [0, 0.1) is 17.0 Å². The first kappa shape index (κ1) is 15.4. The summed E-state index contributed by atoms with van der Waals surface area (Å²) in [5, 5.41) is 10.8. The van der Waals surface area contributed by atoms with Gasteiger partial charge in [-0.2, -0.15) is 0 Å². The van der Waals surface area contributed by atoms with Crippen LogP contribution in [-0.4, -0.2) is 34.2 Å². The number of non-ortho nitro benzene ring substituents is 1. The molecule has 1 aromatic carbocycles. The third-order valence-corrected chi connectivity index (χ3v) is 3.04. The number of halogens is 1. The predicted molar refractivity (Wildman–Crippen MR) is 74.7 cm³/mol. The number of aryl methyl sites for hydroxylation is 1. The van der Waals surface area contributed by atoms with Gasteiger partial charge in [0.2, 0.25) is 0 Å². The number of rotatable bonds is 5. The molecule has 0 aliphatic rings. The van der Waals surface area contributed by atoms with Crippen LogP contribution >= 0.6 is 11.6 Å². The molecule has 0 N–H and O–H groups in total. The van der Waals surface area contributed by atoms with Gasteiger partial charge in [-0.1, -0.05) is 6.07 Å². The van der Waals surface area contributed by atoms with Crippen LogP contribution in [0.25, 0.3) is 0 Å². The highest BCUT2D eigenvalue weighted by atomic mass is 35.5. The summed E-state index contributed by atoms with van der Waals surface area (Å²) >= 11 is 5.69. The molecule has 0 heterocycles. The van der Waals surface area contributed by atoms with Gasteiger partial charge in [-0.05, 0) is 26.3 Å². The smallest absolute Gasteiger partial charge is 0.270 e. The van der Waals surface area contributed by atoms with E-state index in [0.29, 0.717) is 18.0 Å². The third-order valence-electron chi connectivity index (χ3n) is 2.87. The molecule has 0 aromatic heterocycles. The number of hydrogen-bond acceptors (Lipinski definition) is 3. The number of alkyl halides is 1. The van der Waals surface area contributed by atoms with Crippen molar-refractivity contribution >= 4 is 23.2 Å². The highest BCUT2D eigenvalue weighted by molar-refractivity contribution is 6.18. The van der Waals surface area contributed by atoms with Gasteiger partial charge in [0.15, 0.2) is 0 Å². The molecule has 0 spiro atoms. The van der Waals surface area contributed by atoms with Gasteiger partial charge < -0.3 is 4.90 Å². The Morgan fingerprint density at radius 1 is 1.47 bits per heavy atom. The molecule has 0 radical (unpaired) electrons. The molecular weight excluding hydrogens is 268 g/mol. The summed E-state index contributed by atoms with van der Waals surface area (Å²) in [7, 11) is 0. The standard InChI is InChI=1S/C13H17ClN2O3/c1-9(2)15(7-6-14)13(17)12-8-11(16(18)19)5-4-10(12)3/h4-5,8-9H,6-7H2,1-3H3. The predicted octanol–water partition coefficient (Wildman–Crippen LogP) is 2.99. The van der Waals surface area contributed by atoms with E-state index >= 15 is 0 Å². The van der Waals surface area contributed by atoms with Crippen LogP contribution in [0.5, 0.6) is 0 Å². The Bertz CT molecular complexity index is 489. The number of carbonyl (C=O) groups is 1. The first-order valence-electron chi connectivity index (χ1n) is 6.00. The van der Waals surface area contributed by atoms with E-state index in [4.69, 9.17) is 11.6 Å². The zero-order valence-corrected chi connectivity index (χ0v) is 12.0. The average Bonchev–Trinajstić information content (AvgIpc) is 2.35.